The molecule has 0 saturated carbocycles. The molecule has 2 aromatic carbocycles. The first kappa shape index (κ1) is 20.0. The van der Waals surface area contributed by atoms with E-state index in [1.54, 1.807) is 48.5 Å². The van der Waals surface area contributed by atoms with Gasteiger partial charge in [0.05, 0.1) is 17.7 Å². The van der Waals surface area contributed by atoms with Crippen LogP contribution in [-0.4, -0.2) is 35.9 Å². The monoisotopic (exact) mass is 463 g/mol. The molecule has 0 unspecified atom stereocenters. The van der Waals surface area contributed by atoms with Crippen LogP contribution in [0.3, 0.4) is 0 Å². The summed E-state index contributed by atoms with van der Waals surface area (Å²) < 4.78 is 11.2. The van der Waals surface area contributed by atoms with Crippen LogP contribution in [0.25, 0.3) is 6.08 Å². The van der Waals surface area contributed by atoms with Crippen LogP contribution in [0.1, 0.15) is 5.56 Å². The minimum Gasteiger partial charge on any atom is -0.493 e. The molecule has 7 nitrogen and oxygen atoms in total. The van der Waals surface area contributed by atoms with Gasteiger partial charge < -0.3 is 14.6 Å². The van der Waals surface area contributed by atoms with Crippen molar-refractivity contribution in [3.8, 4) is 11.5 Å². The predicted octanol–water partition coefficient (Wildman–Crippen LogP) is 4.16. The summed E-state index contributed by atoms with van der Waals surface area (Å²) in [5.41, 5.74) is 1.10. The number of carboxylic acids is 1. The molecular weight excluding hydrogens is 450 g/mol. The number of thioether (sulfide) groups is 1. The van der Waals surface area contributed by atoms with Crippen molar-refractivity contribution in [2.24, 2.45) is 0 Å². The highest BCUT2D eigenvalue weighted by Gasteiger charge is 2.36. The summed E-state index contributed by atoms with van der Waals surface area (Å²) in [7, 11) is 1.42. The van der Waals surface area contributed by atoms with Crippen LogP contribution in [0.2, 0.25) is 0 Å². The Bertz CT molecular complexity index is 973. The molecule has 1 saturated heterocycles. The summed E-state index contributed by atoms with van der Waals surface area (Å²) in [5, 5.41) is 8.33. The van der Waals surface area contributed by atoms with E-state index in [1.807, 2.05) is 0 Å². The third kappa shape index (κ3) is 4.37. The number of rotatable bonds is 6. The SMILES string of the molecule is COc1cc(C=C2SC(=O)N(c3ccc(Br)cc3)C2=O)ccc1OCC(=O)O. The van der Waals surface area contributed by atoms with Gasteiger partial charge in [0.2, 0.25) is 0 Å². The molecule has 0 bridgehead atoms. The zero-order chi connectivity index (χ0) is 20.3. The molecule has 28 heavy (non-hydrogen) atoms. The van der Waals surface area contributed by atoms with Gasteiger partial charge in [0, 0.05) is 4.47 Å². The number of halogens is 1. The summed E-state index contributed by atoms with van der Waals surface area (Å²) in [5.74, 6) is -0.928. The van der Waals surface area contributed by atoms with E-state index in [4.69, 9.17) is 14.6 Å². The lowest BCUT2D eigenvalue weighted by atomic mass is 10.2. The summed E-state index contributed by atoms with van der Waals surface area (Å²) in [6.07, 6.45) is 1.58. The number of carboxylic acid groups (broad SMARTS) is 1. The van der Waals surface area contributed by atoms with Gasteiger partial charge in [0.1, 0.15) is 0 Å². The number of aliphatic carboxylic acids is 1. The number of imide groups is 1. The number of benzene rings is 2. The molecule has 0 radical (unpaired) electrons. The van der Waals surface area contributed by atoms with Crippen molar-refractivity contribution < 1.29 is 29.0 Å². The number of amides is 2. The molecule has 1 aliphatic heterocycles. The molecule has 0 spiro atoms. The molecule has 1 heterocycles. The second-order valence-corrected chi connectivity index (χ2v) is 7.50. The fourth-order valence-corrected chi connectivity index (χ4v) is 3.57. The Morgan fingerprint density at radius 2 is 1.89 bits per heavy atom. The average molecular weight is 464 g/mol. The van der Waals surface area contributed by atoms with E-state index in [-0.39, 0.29) is 15.9 Å². The van der Waals surface area contributed by atoms with Crippen LogP contribution in [0.4, 0.5) is 10.5 Å². The number of hydrogen-bond acceptors (Lipinski definition) is 6. The highest BCUT2D eigenvalue weighted by molar-refractivity contribution is 9.10. The van der Waals surface area contributed by atoms with E-state index >= 15 is 0 Å². The van der Waals surface area contributed by atoms with E-state index in [2.05, 4.69) is 15.9 Å². The van der Waals surface area contributed by atoms with Gasteiger partial charge >= 0.3 is 5.97 Å². The molecule has 0 aromatic heterocycles. The van der Waals surface area contributed by atoms with Crippen molar-refractivity contribution in [3.63, 3.8) is 0 Å². The van der Waals surface area contributed by atoms with Gasteiger partial charge in [-0.2, -0.15) is 0 Å². The molecule has 2 aromatic rings. The minimum atomic E-state index is -1.10. The lowest BCUT2D eigenvalue weighted by molar-refractivity contribution is -0.139. The minimum absolute atomic E-state index is 0.269. The zero-order valence-corrected chi connectivity index (χ0v) is 17.0. The van der Waals surface area contributed by atoms with Crippen LogP contribution in [0, 0.1) is 0 Å². The van der Waals surface area contributed by atoms with Crippen molar-refractivity contribution in [1.29, 1.82) is 0 Å². The Labute approximate surface area is 173 Å². The Morgan fingerprint density at radius 1 is 1.18 bits per heavy atom. The van der Waals surface area contributed by atoms with Gasteiger partial charge in [0.25, 0.3) is 11.1 Å². The molecule has 1 fully saturated rings. The third-order valence-corrected chi connectivity index (χ3v) is 5.11. The zero-order valence-electron chi connectivity index (χ0n) is 14.5. The third-order valence-electron chi connectivity index (χ3n) is 3.72. The van der Waals surface area contributed by atoms with Crippen LogP contribution < -0.4 is 14.4 Å². The van der Waals surface area contributed by atoms with Crippen LogP contribution in [0.15, 0.2) is 51.8 Å². The summed E-state index contributed by atoms with van der Waals surface area (Å²) >= 11 is 4.16. The number of methoxy groups -OCH3 is 1. The van der Waals surface area contributed by atoms with E-state index in [0.717, 1.165) is 21.1 Å². The Kier molecular flexibility index (Phi) is 6.05. The number of hydrogen-bond donors (Lipinski definition) is 1. The summed E-state index contributed by atoms with van der Waals surface area (Å²) in [4.78, 5) is 37.0. The van der Waals surface area contributed by atoms with Crippen molar-refractivity contribution in [2.75, 3.05) is 18.6 Å². The molecule has 3 rings (SSSR count). The molecule has 9 heteroatoms. The van der Waals surface area contributed by atoms with Crippen molar-refractivity contribution >= 4 is 56.6 Å². The maximum Gasteiger partial charge on any atom is 0.341 e. The standard InChI is InChI=1S/C19H14BrNO6S/c1-26-15-8-11(2-7-14(15)27-10-17(22)23)9-16-18(24)21(19(25)28-16)13-5-3-12(20)4-6-13/h2-9H,10H2,1H3,(H,22,23). The van der Waals surface area contributed by atoms with Crippen LogP contribution in [0.5, 0.6) is 11.5 Å². The van der Waals surface area contributed by atoms with Crippen LogP contribution in [-0.2, 0) is 9.59 Å². The molecule has 2 amide bonds. The number of carbonyl (C=O) groups excluding carboxylic acids is 2. The van der Waals surface area contributed by atoms with E-state index in [1.165, 1.54) is 7.11 Å². The van der Waals surface area contributed by atoms with Crippen LogP contribution >= 0.6 is 27.7 Å². The molecular formula is C19H14BrNO6S. The Hall–Kier alpha value is -2.78. The maximum atomic E-state index is 12.7. The number of nitrogens with zero attached hydrogens (tertiary/aromatic N) is 1. The van der Waals surface area contributed by atoms with Gasteiger partial charge in [-0.25, -0.2) is 9.69 Å². The Balaban J connectivity index is 1.85. The van der Waals surface area contributed by atoms with Crippen molar-refractivity contribution in [3.05, 3.63) is 57.4 Å². The highest BCUT2D eigenvalue weighted by atomic mass is 79.9. The first-order valence-electron chi connectivity index (χ1n) is 7.95. The Morgan fingerprint density at radius 3 is 2.54 bits per heavy atom. The fraction of sp³-hybridized carbons (Fsp3) is 0.105. The normalized spacial score (nSPS) is 15.2. The molecule has 0 aliphatic carbocycles. The second kappa shape index (κ2) is 8.49. The average Bonchev–Trinajstić information content (AvgIpc) is 2.94. The maximum absolute atomic E-state index is 12.7. The van der Waals surface area contributed by atoms with E-state index in [0.29, 0.717) is 17.0 Å². The summed E-state index contributed by atoms with van der Waals surface area (Å²) in [6.45, 7) is -0.498. The van der Waals surface area contributed by atoms with Gasteiger partial charge in [0.15, 0.2) is 18.1 Å². The predicted molar refractivity (Wildman–Crippen MR) is 109 cm³/mol. The molecule has 1 aliphatic rings. The van der Waals surface area contributed by atoms with Gasteiger partial charge in [-0.15, -0.1) is 0 Å². The van der Waals surface area contributed by atoms with Gasteiger partial charge in [-0.1, -0.05) is 22.0 Å². The highest BCUT2D eigenvalue weighted by Crippen LogP contribution is 2.37. The topological polar surface area (TPSA) is 93.1 Å². The number of ether oxygens (including phenoxy) is 2. The van der Waals surface area contributed by atoms with E-state index < -0.39 is 18.5 Å². The lowest BCUT2D eigenvalue weighted by Gasteiger charge is -2.12. The fourth-order valence-electron chi connectivity index (χ4n) is 2.46. The molecule has 144 valence electrons. The lowest BCUT2D eigenvalue weighted by Crippen LogP contribution is -2.27. The largest absolute Gasteiger partial charge is 0.493 e. The first-order valence-corrected chi connectivity index (χ1v) is 9.56. The van der Waals surface area contributed by atoms with Gasteiger partial charge in [-0.05, 0) is 59.8 Å². The van der Waals surface area contributed by atoms with Crippen molar-refractivity contribution in [1.82, 2.24) is 0 Å². The molecule has 1 N–H and O–H groups in total. The molecule has 0 atom stereocenters. The van der Waals surface area contributed by atoms with Gasteiger partial charge in [-0.3, -0.25) is 9.59 Å². The van der Waals surface area contributed by atoms with E-state index in [9.17, 15) is 14.4 Å². The smallest absolute Gasteiger partial charge is 0.341 e. The second-order valence-electron chi connectivity index (χ2n) is 5.59. The first-order chi connectivity index (χ1) is 13.4. The quantitative estimate of drug-likeness (QED) is 0.642. The number of anilines is 1. The summed E-state index contributed by atoms with van der Waals surface area (Å²) in [6, 6.07) is 11.7. The number of carbonyl (C=O) groups is 3. The van der Waals surface area contributed by atoms with Crippen molar-refractivity contribution in [2.45, 2.75) is 0 Å².